The third-order valence-electron chi connectivity index (χ3n) is 6.47. The summed E-state index contributed by atoms with van der Waals surface area (Å²) in [6, 6.07) is 20.5. The van der Waals surface area contributed by atoms with Crippen molar-refractivity contribution in [2.45, 2.75) is 33.2 Å². The van der Waals surface area contributed by atoms with E-state index in [0.29, 0.717) is 46.1 Å². The largest absolute Gasteiger partial charge is 0.494 e. The Hall–Kier alpha value is -4.19. The smallest absolute Gasteiger partial charge is 0.295 e. The molecule has 36 heavy (non-hydrogen) atoms. The minimum Gasteiger partial charge on any atom is -0.494 e. The molecular weight excluding hydrogens is 454 g/mol. The maximum Gasteiger partial charge on any atom is 0.295 e. The van der Waals surface area contributed by atoms with Crippen molar-refractivity contribution in [3.8, 4) is 5.75 Å². The lowest BCUT2D eigenvalue weighted by Gasteiger charge is -2.25. The Bertz CT molecular complexity index is 1520. The monoisotopic (exact) mass is 481 g/mol. The zero-order valence-corrected chi connectivity index (χ0v) is 20.5. The number of hydrogen-bond donors (Lipinski definition) is 0. The molecule has 1 aliphatic heterocycles. The summed E-state index contributed by atoms with van der Waals surface area (Å²) >= 11 is 0. The van der Waals surface area contributed by atoms with Crippen molar-refractivity contribution in [1.82, 2.24) is 0 Å². The van der Waals surface area contributed by atoms with Crippen molar-refractivity contribution in [1.29, 1.82) is 0 Å². The van der Waals surface area contributed by atoms with Crippen LogP contribution < -0.4 is 15.1 Å². The fourth-order valence-corrected chi connectivity index (χ4v) is 4.55. The van der Waals surface area contributed by atoms with Crippen LogP contribution in [0.2, 0.25) is 0 Å². The third-order valence-corrected chi connectivity index (χ3v) is 6.47. The number of hydrogen-bond acceptors (Lipinski definition) is 5. The fourth-order valence-electron chi connectivity index (χ4n) is 4.55. The Kier molecular flexibility index (Phi) is 6.18. The number of nitrogens with zero attached hydrogens (tertiary/aromatic N) is 1. The maximum atomic E-state index is 13.7. The van der Waals surface area contributed by atoms with E-state index in [1.165, 1.54) is 6.92 Å². The van der Waals surface area contributed by atoms with E-state index in [1.807, 2.05) is 24.3 Å². The maximum absolute atomic E-state index is 13.7. The average molecular weight is 482 g/mol. The van der Waals surface area contributed by atoms with Crippen molar-refractivity contribution < 1.29 is 18.7 Å². The van der Waals surface area contributed by atoms with Crippen LogP contribution in [0.5, 0.6) is 5.75 Å². The number of ketones is 1. The van der Waals surface area contributed by atoms with Crippen LogP contribution in [0.1, 0.15) is 65.3 Å². The van der Waals surface area contributed by atoms with Crippen LogP contribution in [0.25, 0.3) is 11.0 Å². The van der Waals surface area contributed by atoms with Gasteiger partial charge in [-0.1, -0.05) is 38.1 Å². The van der Waals surface area contributed by atoms with Crippen molar-refractivity contribution in [3.05, 3.63) is 105 Å². The Balaban J connectivity index is 1.66. The number of rotatable bonds is 7. The highest BCUT2D eigenvalue weighted by Crippen LogP contribution is 2.42. The second kappa shape index (κ2) is 9.46. The predicted molar refractivity (Wildman–Crippen MR) is 139 cm³/mol. The zero-order valence-electron chi connectivity index (χ0n) is 20.5. The highest BCUT2D eigenvalue weighted by atomic mass is 16.5. The molecule has 182 valence electrons. The van der Waals surface area contributed by atoms with E-state index in [-0.39, 0.29) is 17.0 Å². The van der Waals surface area contributed by atoms with Crippen molar-refractivity contribution in [2.24, 2.45) is 5.92 Å². The van der Waals surface area contributed by atoms with Gasteiger partial charge in [0, 0.05) is 11.3 Å². The lowest BCUT2D eigenvalue weighted by atomic mass is 9.98. The van der Waals surface area contributed by atoms with Gasteiger partial charge in [0.1, 0.15) is 11.3 Å². The molecule has 1 amide bonds. The second-order valence-corrected chi connectivity index (χ2v) is 9.45. The molecule has 1 unspecified atom stereocenters. The summed E-state index contributed by atoms with van der Waals surface area (Å²) in [7, 11) is 0. The molecule has 0 bridgehead atoms. The van der Waals surface area contributed by atoms with Crippen LogP contribution in [0, 0.1) is 5.92 Å². The zero-order chi connectivity index (χ0) is 25.4. The summed E-state index contributed by atoms with van der Waals surface area (Å²) in [5, 5.41) is 0.423. The SMILES string of the molecule is CC(=O)c1ccc(N2C(=O)c3oc4ccccc4c(=O)c3C2c2cccc(OCCC(C)C)c2)cc1. The van der Waals surface area contributed by atoms with E-state index >= 15 is 0 Å². The molecule has 6 nitrogen and oxygen atoms in total. The number of ether oxygens (including phenoxy) is 1. The number of amides is 1. The van der Waals surface area contributed by atoms with Gasteiger partial charge in [-0.15, -0.1) is 0 Å². The van der Waals surface area contributed by atoms with Gasteiger partial charge in [0.25, 0.3) is 5.91 Å². The van der Waals surface area contributed by atoms with Crippen molar-refractivity contribution >= 4 is 28.3 Å². The number of carbonyl (C=O) groups is 2. The molecule has 0 saturated carbocycles. The Morgan fingerprint density at radius 2 is 1.75 bits per heavy atom. The number of para-hydroxylation sites is 1. The summed E-state index contributed by atoms with van der Waals surface area (Å²) < 4.78 is 12.0. The normalized spacial score (nSPS) is 14.9. The number of benzene rings is 3. The summed E-state index contributed by atoms with van der Waals surface area (Å²) in [6.07, 6.45) is 0.916. The third kappa shape index (κ3) is 4.19. The second-order valence-electron chi connectivity index (χ2n) is 9.45. The first kappa shape index (κ1) is 23.5. The van der Waals surface area contributed by atoms with Crippen molar-refractivity contribution in [2.75, 3.05) is 11.5 Å². The van der Waals surface area contributed by atoms with Gasteiger partial charge in [-0.25, -0.2) is 0 Å². The van der Waals surface area contributed by atoms with E-state index in [0.717, 1.165) is 12.0 Å². The molecule has 2 heterocycles. The molecule has 3 aromatic carbocycles. The van der Waals surface area contributed by atoms with Crippen LogP contribution in [0.15, 0.2) is 82.0 Å². The number of carbonyl (C=O) groups excluding carboxylic acids is 2. The lowest BCUT2D eigenvalue weighted by molar-refractivity contribution is 0.0970. The molecule has 0 N–H and O–H groups in total. The van der Waals surface area contributed by atoms with Crippen LogP contribution in [0.4, 0.5) is 5.69 Å². The van der Waals surface area contributed by atoms with Gasteiger partial charge in [-0.2, -0.15) is 0 Å². The molecule has 0 radical (unpaired) electrons. The Labute approximate surface area is 209 Å². The minimum absolute atomic E-state index is 0.0328. The fraction of sp³-hybridized carbons (Fsp3) is 0.233. The minimum atomic E-state index is -0.704. The number of anilines is 1. The van der Waals surface area contributed by atoms with E-state index in [4.69, 9.17) is 9.15 Å². The molecule has 6 heteroatoms. The first-order chi connectivity index (χ1) is 17.3. The van der Waals surface area contributed by atoms with Gasteiger partial charge in [-0.3, -0.25) is 19.3 Å². The van der Waals surface area contributed by atoms with E-state index in [9.17, 15) is 14.4 Å². The molecule has 0 spiro atoms. The molecule has 1 aromatic heterocycles. The summed E-state index contributed by atoms with van der Waals surface area (Å²) in [6.45, 7) is 6.34. The van der Waals surface area contributed by atoms with Gasteiger partial charge >= 0.3 is 0 Å². The van der Waals surface area contributed by atoms with Crippen LogP contribution in [-0.2, 0) is 0 Å². The van der Waals surface area contributed by atoms with Crippen LogP contribution in [0.3, 0.4) is 0 Å². The molecule has 0 fully saturated rings. The van der Waals surface area contributed by atoms with E-state index in [2.05, 4.69) is 13.8 Å². The topological polar surface area (TPSA) is 76.8 Å². The van der Waals surface area contributed by atoms with E-state index < -0.39 is 11.9 Å². The highest BCUT2D eigenvalue weighted by Gasteiger charge is 2.43. The van der Waals surface area contributed by atoms with Gasteiger partial charge in [0.05, 0.1) is 23.6 Å². The van der Waals surface area contributed by atoms with E-state index in [1.54, 1.807) is 53.4 Å². The van der Waals surface area contributed by atoms with Crippen molar-refractivity contribution in [3.63, 3.8) is 0 Å². The van der Waals surface area contributed by atoms with Gasteiger partial charge in [-0.05, 0) is 73.4 Å². The Morgan fingerprint density at radius 3 is 2.47 bits per heavy atom. The molecule has 1 atom stereocenters. The van der Waals surface area contributed by atoms with Gasteiger partial charge in [0.15, 0.2) is 11.2 Å². The standard InChI is InChI=1S/C30H27NO5/c1-18(2)15-16-35-23-8-6-7-21(17-23)27-26-28(33)24-9-4-5-10-25(24)36-29(26)30(34)31(27)22-13-11-20(12-14-22)19(3)32/h4-14,17-18,27H,15-16H2,1-3H3. The Morgan fingerprint density at radius 1 is 1.00 bits per heavy atom. The first-order valence-corrected chi connectivity index (χ1v) is 12.1. The van der Waals surface area contributed by atoms with Crippen LogP contribution in [-0.4, -0.2) is 18.3 Å². The quantitative estimate of drug-likeness (QED) is 0.295. The van der Waals surface area contributed by atoms with Gasteiger partial charge in [0.2, 0.25) is 5.76 Å². The molecule has 1 aliphatic rings. The predicted octanol–water partition coefficient (Wildman–Crippen LogP) is 6.17. The summed E-state index contributed by atoms with van der Waals surface area (Å²) in [5.74, 6) is 0.749. The first-order valence-electron chi connectivity index (χ1n) is 12.1. The summed E-state index contributed by atoms with van der Waals surface area (Å²) in [4.78, 5) is 40.8. The average Bonchev–Trinajstić information content (AvgIpc) is 3.16. The summed E-state index contributed by atoms with van der Waals surface area (Å²) in [5.41, 5.74) is 2.28. The van der Waals surface area contributed by atoms with Gasteiger partial charge < -0.3 is 9.15 Å². The molecule has 0 saturated heterocycles. The molecule has 0 aliphatic carbocycles. The highest BCUT2D eigenvalue weighted by molar-refractivity contribution is 6.11. The molecule has 4 aromatic rings. The van der Waals surface area contributed by atoms with Crippen LogP contribution >= 0.6 is 0 Å². The lowest BCUT2D eigenvalue weighted by Crippen LogP contribution is -2.29. The molecule has 5 rings (SSSR count). The molecular formula is C30H27NO5. The number of Topliss-reactive ketones (excluding diaryl/α,β-unsaturated/α-hetero) is 1. The number of fused-ring (bicyclic) bond motifs is 2.